The van der Waals surface area contributed by atoms with E-state index in [4.69, 9.17) is 0 Å². The summed E-state index contributed by atoms with van der Waals surface area (Å²) in [6, 6.07) is 64.6. The molecule has 0 unspecified atom stereocenters. The van der Waals surface area contributed by atoms with Crippen LogP contribution in [0.4, 0.5) is 0 Å². The Balaban J connectivity index is 0.00000165. The van der Waals surface area contributed by atoms with E-state index in [1.165, 1.54) is 129 Å². The molecule has 0 N–H and O–H groups in total. The average Bonchev–Trinajstić information content (AvgIpc) is 3.24. The maximum Gasteiger partial charge on any atom is 0 e. The molecule has 0 spiro atoms. The molecule has 0 aliphatic heterocycles. The first kappa shape index (κ1) is 32.3. The van der Waals surface area contributed by atoms with E-state index < -0.39 is 0 Å². The minimum atomic E-state index is 0. The zero-order valence-corrected chi connectivity index (χ0v) is 35.5. The normalized spacial score (nSPS) is 12.7. The number of fused-ring (bicyclic) bond motifs is 6. The zero-order chi connectivity index (χ0) is 34.6. The van der Waals surface area contributed by atoms with Crippen LogP contribution >= 0.6 is 0 Å². The summed E-state index contributed by atoms with van der Waals surface area (Å²) >= 11 is 0. The minimum Gasteiger partial charge on any atom is -0.210 e. The topological polar surface area (TPSA) is 0 Å². The summed E-state index contributed by atoms with van der Waals surface area (Å²) in [5.41, 5.74) is 4.23. The van der Waals surface area contributed by atoms with E-state index >= 15 is 0 Å². The first-order valence-electron chi connectivity index (χ1n) is 18.8. The second-order valence-corrected chi connectivity index (χ2v) is 15.4. The standard InChI is InChI=1S/C54H22.2Y/c1-3-11-27(12-4-1)29-23-39-37-21-9-19-35-33-17-7-15-31-32-16-8-18-34-36-20-10-22-38-40-24-30(28-13-5-2-6-14-28)26-42-41(25-29)47(39)53-51(45(35)37)49(43(31)33)50(44(32)34)52(46(36)38)54(53)48(40)42;;/h1-11,13,15-23,26H;;/q-4;;. The molecule has 0 heterocycles. The smallest absolute Gasteiger partial charge is 0 e. The van der Waals surface area contributed by atoms with Crippen LogP contribution in [0.15, 0.2) is 133 Å². The maximum absolute atomic E-state index is 4.07. The van der Waals surface area contributed by atoms with Gasteiger partial charge in [-0.2, -0.15) is 83.7 Å². The van der Waals surface area contributed by atoms with Crippen LogP contribution in [0.2, 0.25) is 0 Å². The maximum atomic E-state index is 4.07. The number of hydrogen-bond donors (Lipinski definition) is 0. The van der Waals surface area contributed by atoms with E-state index in [1.54, 1.807) is 0 Å². The molecule has 0 fully saturated rings. The van der Waals surface area contributed by atoms with Crippen LogP contribution in [0.3, 0.4) is 0 Å². The molecule has 0 aliphatic carbocycles. The van der Waals surface area contributed by atoms with Gasteiger partial charge in [0.25, 0.3) is 0 Å². The first-order valence-corrected chi connectivity index (χ1v) is 18.8. The first-order chi connectivity index (χ1) is 26.8. The summed E-state index contributed by atoms with van der Waals surface area (Å²) in [5, 5.41) is 31.9. The van der Waals surface area contributed by atoms with Gasteiger partial charge in [0.15, 0.2) is 0 Å². The Bertz CT molecular complexity index is 3770. The fourth-order valence-corrected chi connectivity index (χ4v) is 11.2. The van der Waals surface area contributed by atoms with E-state index in [0.29, 0.717) is 0 Å². The molecule has 0 atom stereocenters. The molecule has 15 aromatic carbocycles. The fourth-order valence-electron chi connectivity index (χ4n) is 11.2. The molecule has 2 radical (unpaired) electrons. The number of rotatable bonds is 2. The molecule has 0 amide bonds. The number of benzene rings is 15. The van der Waals surface area contributed by atoms with Gasteiger partial charge < -0.3 is 0 Å². The quantitative estimate of drug-likeness (QED) is 0.0924. The summed E-state index contributed by atoms with van der Waals surface area (Å²) < 4.78 is 0. The average molecular weight is 849 g/mol. The molecule has 0 aliphatic rings. The monoisotopic (exact) mass is 848 g/mol. The molecule has 15 aromatic rings. The zero-order valence-electron chi connectivity index (χ0n) is 29.9. The summed E-state index contributed by atoms with van der Waals surface area (Å²) in [7, 11) is 0. The van der Waals surface area contributed by atoms with Crippen molar-refractivity contribution in [1.82, 2.24) is 0 Å². The van der Waals surface area contributed by atoms with Gasteiger partial charge in [-0.25, -0.2) is 16.7 Å². The molecule has 0 saturated heterocycles. The van der Waals surface area contributed by atoms with Crippen molar-refractivity contribution in [3.8, 4) is 22.3 Å². The van der Waals surface area contributed by atoms with Crippen LogP contribution in [0.5, 0.6) is 0 Å². The largest absolute Gasteiger partial charge is 0.210 e. The van der Waals surface area contributed by atoms with Crippen molar-refractivity contribution >= 4 is 129 Å². The van der Waals surface area contributed by atoms with Gasteiger partial charge in [0.1, 0.15) is 0 Å². The van der Waals surface area contributed by atoms with Crippen molar-refractivity contribution in [2.45, 2.75) is 0 Å². The second-order valence-electron chi connectivity index (χ2n) is 15.4. The van der Waals surface area contributed by atoms with E-state index in [0.717, 1.165) is 22.3 Å². The molecular formula is C54H22Y2-4. The Morgan fingerprint density at radius 1 is 0.250 bits per heavy atom. The van der Waals surface area contributed by atoms with Crippen molar-refractivity contribution < 1.29 is 65.4 Å². The van der Waals surface area contributed by atoms with Crippen LogP contribution in [0.1, 0.15) is 0 Å². The molecule has 0 nitrogen and oxygen atoms in total. The molecule has 0 aromatic heterocycles. The van der Waals surface area contributed by atoms with Crippen molar-refractivity contribution in [2.24, 2.45) is 0 Å². The second kappa shape index (κ2) is 11.0. The molecular weight excluding hydrogens is 826 g/mol. The third-order valence-corrected chi connectivity index (χ3v) is 13.1. The molecule has 15 rings (SSSR count). The van der Waals surface area contributed by atoms with E-state index in [-0.39, 0.29) is 65.4 Å². The fraction of sp³-hybridized carbons (Fsp3) is 0. The predicted molar refractivity (Wildman–Crippen MR) is 230 cm³/mol. The Hall–Kier alpha value is -4.81. The van der Waals surface area contributed by atoms with Gasteiger partial charge in [-0.15, -0.1) is 28.3 Å². The molecule has 0 saturated carbocycles. The van der Waals surface area contributed by atoms with Gasteiger partial charge in [-0.05, 0) is 91.6 Å². The van der Waals surface area contributed by atoms with Gasteiger partial charge in [-0.3, -0.25) is 0 Å². The minimum absolute atomic E-state index is 0. The molecule has 56 heavy (non-hydrogen) atoms. The summed E-state index contributed by atoms with van der Waals surface area (Å²) in [4.78, 5) is 0. The van der Waals surface area contributed by atoms with Crippen LogP contribution < -0.4 is 0 Å². The van der Waals surface area contributed by atoms with E-state index in [1.807, 2.05) is 24.3 Å². The predicted octanol–water partition coefficient (Wildman–Crippen LogP) is 14.7. The van der Waals surface area contributed by atoms with Crippen LogP contribution in [-0.4, -0.2) is 0 Å². The Labute approximate surface area is 370 Å². The van der Waals surface area contributed by atoms with Crippen LogP contribution in [0, 0.1) is 24.3 Å². The van der Waals surface area contributed by atoms with Gasteiger partial charge >= 0.3 is 0 Å². The molecule has 2 heteroatoms. The van der Waals surface area contributed by atoms with Crippen molar-refractivity contribution in [2.75, 3.05) is 0 Å². The summed E-state index contributed by atoms with van der Waals surface area (Å²) in [6.45, 7) is 0. The molecule has 248 valence electrons. The van der Waals surface area contributed by atoms with Gasteiger partial charge in [0, 0.05) is 65.4 Å². The Morgan fingerprint density at radius 3 is 1.02 bits per heavy atom. The third-order valence-electron chi connectivity index (χ3n) is 13.1. The van der Waals surface area contributed by atoms with Crippen molar-refractivity contribution in [1.29, 1.82) is 0 Å². The van der Waals surface area contributed by atoms with Crippen molar-refractivity contribution in [3.05, 3.63) is 158 Å². The molecule has 0 bridgehead atoms. The van der Waals surface area contributed by atoms with Gasteiger partial charge in [0.05, 0.1) is 0 Å². The summed E-state index contributed by atoms with van der Waals surface area (Å²) in [5.74, 6) is 0. The Kier molecular flexibility index (Phi) is 6.33. The van der Waals surface area contributed by atoms with Crippen LogP contribution in [0.25, 0.3) is 152 Å². The third kappa shape index (κ3) is 3.56. The van der Waals surface area contributed by atoms with Crippen LogP contribution in [-0.2, 0) is 65.4 Å². The van der Waals surface area contributed by atoms with Crippen molar-refractivity contribution in [3.63, 3.8) is 0 Å². The summed E-state index contributed by atoms with van der Waals surface area (Å²) in [6.07, 6.45) is 0. The van der Waals surface area contributed by atoms with Gasteiger partial charge in [-0.1, -0.05) is 89.0 Å². The van der Waals surface area contributed by atoms with E-state index in [2.05, 4.69) is 133 Å². The Morgan fingerprint density at radius 2 is 0.589 bits per heavy atom. The van der Waals surface area contributed by atoms with E-state index in [9.17, 15) is 0 Å². The van der Waals surface area contributed by atoms with Gasteiger partial charge in [0.2, 0.25) is 0 Å². The number of hydrogen-bond acceptors (Lipinski definition) is 0. The SMILES string of the molecule is [Y].[Y].[c-]1ccccc1-c1[c-]c2c3cccc4c5cccc6c7cccc8c9cccc%10c%11cc(-c%12[c-]cccc%12)[c-]c%12c(c1)c2c1c(c%12%11)c(c%109)c(c87)c(c56)c1c34.